The van der Waals surface area contributed by atoms with Gasteiger partial charge in [-0.3, -0.25) is 0 Å². The molecule has 0 atom stereocenters. The van der Waals surface area contributed by atoms with Crippen molar-refractivity contribution in [3.8, 4) is 5.75 Å². The van der Waals surface area contributed by atoms with Crippen LogP contribution in [0, 0.1) is 13.8 Å². The first-order valence-electron chi connectivity index (χ1n) is 6.02. The number of unbranched alkanes of at least 4 members (excludes halogenated alkanes) is 1. The fourth-order valence-electron chi connectivity index (χ4n) is 1.86. The van der Waals surface area contributed by atoms with Gasteiger partial charge in [-0.25, -0.2) is 0 Å². The van der Waals surface area contributed by atoms with E-state index in [-0.39, 0.29) is 6.61 Å². The molecule has 2 nitrogen and oxygen atoms in total. The largest absolute Gasteiger partial charge is 0.494 e. The molecular weight excluding hydrogens is 200 g/mol. The van der Waals surface area contributed by atoms with E-state index in [9.17, 15) is 0 Å². The minimum absolute atomic E-state index is 0.287. The first-order valence-corrected chi connectivity index (χ1v) is 6.02. The second kappa shape index (κ2) is 6.54. The number of aliphatic hydroxyl groups is 1. The van der Waals surface area contributed by atoms with Crippen molar-refractivity contribution in [3.63, 3.8) is 0 Å². The van der Waals surface area contributed by atoms with Gasteiger partial charge in [0.05, 0.1) is 6.61 Å². The maximum absolute atomic E-state index is 8.76. The molecule has 0 amide bonds. The minimum atomic E-state index is 0.287. The quantitative estimate of drug-likeness (QED) is 0.750. The number of hydrogen-bond donors (Lipinski definition) is 1. The fourth-order valence-corrected chi connectivity index (χ4v) is 1.86. The number of hydrogen-bond acceptors (Lipinski definition) is 2. The molecule has 0 aliphatic heterocycles. The van der Waals surface area contributed by atoms with Crippen molar-refractivity contribution in [1.82, 2.24) is 0 Å². The Kier molecular flexibility index (Phi) is 5.33. The number of ether oxygens (including phenoxy) is 1. The highest BCUT2D eigenvalue weighted by molar-refractivity contribution is 5.41. The van der Waals surface area contributed by atoms with Gasteiger partial charge in [-0.05, 0) is 62.8 Å². The van der Waals surface area contributed by atoms with Crippen molar-refractivity contribution in [1.29, 1.82) is 0 Å². The molecule has 0 aliphatic carbocycles. The summed E-state index contributed by atoms with van der Waals surface area (Å²) in [5.74, 6) is 0.992. The molecule has 0 saturated carbocycles. The van der Waals surface area contributed by atoms with Crippen molar-refractivity contribution < 1.29 is 9.84 Å². The molecule has 1 N–H and O–H groups in total. The van der Waals surface area contributed by atoms with Gasteiger partial charge in [0.25, 0.3) is 0 Å². The Morgan fingerprint density at radius 3 is 2.50 bits per heavy atom. The Morgan fingerprint density at radius 1 is 1.12 bits per heavy atom. The summed E-state index contributed by atoms with van der Waals surface area (Å²) in [6.07, 6.45) is 2.97. The van der Waals surface area contributed by atoms with Crippen LogP contribution < -0.4 is 4.74 Å². The molecule has 0 fully saturated rings. The monoisotopic (exact) mass is 222 g/mol. The van der Waals surface area contributed by atoms with Crippen LogP contribution in [-0.4, -0.2) is 18.3 Å². The van der Waals surface area contributed by atoms with Gasteiger partial charge in [-0.2, -0.15) is 0 Å². The Balaban J connectivity index is 2.75. The van der Waals surface area contributed by atoms with Gasteiger partial charge in [0.2, 0.25) is 0 Å². The smallest absolute Gasteiger partial charge is 0.122 e. The first-order chi connectivity index (χ1) is 7.69. The predicted molar refractivity (Wildman–Crippen MR) is 67.1 cm³/mol. The van der Waals surface area contributed by atoms with Crippen molar-refractivity contribution >= 4 is 0 Å². The molecule has 0 aromatic heterocycles. The third-order valence-electron chi connectivity index (χ3n) is 2.79. The van der Waals surface area contributed by atoms with Crippen molar-refractivity contribution in [2.24, 2.45) is 0 Å². The highest BCUT2D eigenvalue weighted by Crippen LogP contribution is 2.23. The first kappa shape index (κ1) is 13.0. The molecular formula is C14H22O2. The van der Waals surface area contributed by atoms with E-state index in [4.69, 9.17) is 9.84 Å². The van der Waals surface area contributed by atoms with Gasteiger partial charge >= 0.3 is 0 Å². The molecule has 0 aliphatic rings. The summed E-state index contributed by atoms with van der Waals surface area (Å²) in [6.45, 7) is 7.21. The highest BCUT2D eigenvalue weighted by atomic mass is 16.5. The van der Waals surface area contributed by atoms with Crippen molar-refractivity contribution in [3.05, 3.63) is 28.8 Å². The van der Waals surface area contributed by atoms with Crippen LogP contribution in [0.3, 0.4) is 0 Å². The van der Waals surface area contributed by atoms with Gasteiger partial charge in [-0.15, -0.1) is 0 Å². The molecule has 1 aromatic rings. The zero-order valence-electron chi connectivity index (χ0n) is 10.5. The standard InChI is InChI=1S/C14H22O2/c1-4-16-14-10-11(2)13(9-12(14)3)7-5-6-8-15/h9-10,15H,4-8H2,1-3H3. The summed E-state index contributed by atoms with van der Waals surface area (Å²) in [5.41, 5.74) is 3.85. The van der Waals surface area contributed by atoms with Gasteiger partial charge in [0, 0.05) is 6.61 Å². The summed E-state index contributed by atoms with van der Waals surface area (Å²) in [6, 6.07) is 4.32. The molecule has 16 heavy (non-hydrogen) atoms. The van der Waals surface area contributed by atoms with E-state index in [1.165, 1.54) is 16.7 Å². The lowest BCUT2D eigenvalue weighted by molar-refractivity contribution is 0.284. The summed E-state index contributed by atoms with van der Waals surface area (Å²) in [4.78, 5) is 0. The van der Waals surface area contributed by atoms with Gasteiger partial charge in [-0.1, -0.05) is 6.07 Å². The Labute approximate surface area is 98.3 Å². The summed E-state index contributed by atoms with van der Waals surface area (Å²) in [7, 11) is 0. The molecule has 0 unspecified atom stereocenters. The Hall–Kier alpha value is -1.02. The molecule has 2 heteroatoms. The third-order valence-corrected chi connectivity index (χ3v) is 2.79. The average molecular weight is 222 g/mol. The summed E-state index contributed by atoms with van der Waals surface area (Å²) < 4.78 is 5.56. The zero-order chi connectivity index (χ0) is 12.0. The van der Waals surface area contributed by atoms with Gasteiger partial charge in [0.1, 0.15) is 5.75 Å². The Morgan fingerprint density at radius 2 is 1.88 bits per heavy atom. The average Bonchev–Trinajstić information content (AvgIpc) is 2.25. The molecule has 0 heterocycles. The summed E-state index contributed by atoms with van der Waals surface area (Å²) >= 11 is 0. The van der Waals surface area contributed by atoms with Gasteiger partial charge < -0.3 is 9.84 Å². The lowest BCUT2D eigenvalue weighted by Gasteiger charge is -2.12. The van der Waals surface area contributed by atoms with E-state index >= 15 is 0 Å². The molecule has 0 bridgehead atoms. The second-order valence-electron chi connectivity index (χ2n) is 4.16. The predicted octanol–water partition coefficient (Wildman–Crippen LogP) is 3.02. The number of rotatable bonds is 6. The van der Waals surface area contributed by atoms with Crippen LogP contribution in [0.5, 0.6) is 5.75 Å². The third kappa shape index (κ3) is 3.53. The molecule has 1 rings (SSSR count). The maximum atomic E-state index is 8.76. The molecule has 0 saturated heterocycles. The van der Waals surface area contributed by atoms with Crippen LogP contribution in [0.4, 0.5) is 0 Å². The topological polar surface area (TPSA) is 29.5 Å². The maximum Gasteiger partial charge on any atom is 0.122 e. The number of aliphatic hydroxyl groups excluding tert-OH is 1. The van der Waals surface area contributed by atoms with E-state index in [0.29, 0.717) is 6.61 Å². The molecule has 0 radical (unpaired) electrons. The lowest BCUT2D eigenvalue weighted by Crippen LogP contribution is -1.98. The van der Waals surface area contributed by atoms with Gasteiger partial charge in [0.15, 0.2) is 0 Å². The van der Waals surface area contributed by atoms with E-state index in [1.807, 2.05) is 6.92 Å². The second-order valence-corrected chi connectivity index (χ2v) is 4.16. The van der Waals surface area contributed by atoms with Crippen LogP contribution in [0.1, 0.15) is 36.5 Å². The van der Waals surface area contributed by atoms with Crippen LogP contribution in [0.15, 0.2) is 12.1 Å². The van der Waals surface area contributed by atoms with E-state index < -0.39 is 0 Å². The zero-order valence-corrected chi connectivity index (χ0v) is 10.5. The number of benzene rings is 1. The highest BCUT2D eigenvalue weighted by Gasteiger charge is 2.05. The summed E-state index contributed by atoms with van der Waals surface area (Å²) in [5, 5.41) is 8.76. The van der Waals surface area contributed by atoms with Crippen LogP contribution >= 0.6 is 0 Å². The van der Waals surface area contributed by atoms with Crippen LogP contribution in [-0.2, 0) is 6.42 Å². The van der Waals surface area contributed by atoms with Crippen LogP contribution in [0.2, 0.25) is 0 Å². The normalized spacial score (nSPS) is 10.5. The minimum Gasteiger partial charge on any atom is -0.494 e. The Bertz CT molecular complexity index is 332. The van der Waals surface area contributed by atoms with E-state index in [1.54, 1.807) is 0 Å². The van der Waals surface area contributed by atoms with E-state index in [0.717, 1.165) is 25.0 Å². The molecule has 0 spiro atoms. The fraction of sp³-hybridized carbons (Fsp3) is 0.571. The van der Waals surface area contributed by atoms with E-state index in [2.05, 4.69) is 26.0 Å². The van der Waals surface area contributed by atoms with Crippen molar-refractivity contribution in [2.75, 3.05) is 13.2 Å². The molecule has 1 aromatic carbocycles. The SMILES string of the molecule is CCOc1cc(C)c(CCCCO)cc1C. The molecule has 90 valence electrons. The van der Waals surface area contributed by atoms with Crippen LogP contribution in [0.25, 0.3) is 0 Å². The van der Waals surface area contributed by atoms with Crippen molar-refractivity contribution in [2.45, 2.75) is 40.0 Å². The number of aryl methyl sites for hydroxylation is 3. The lowest BCUT2D eigenvalue weighted by atomic mass is 10.00.